The third kappa shape index (κ3) is 2.58. The highest BCUT2D eigenvalue weighted by Gasteiger charge is 2.20. The van der Waals surface area contributed by atoms with Crippen LogP contribution in [-0.4, -0.2) is 26.0 Å². The molecule has 0 aliphatic heterocycles. The summed E-state index contributed by atoms with van der Waals surface area (Å²) in [6.07, 6.45) is 3.57. The third-order valence-corrected chi connectivity index (χ3v) is 3.87. The molecule has 0 saturated heterocycles. The van der Waals surface area contributed by atoms with Crippen LogP contribution in [0.2, 0.25) is 0 Å². The van der Waals surface area contributed by atoms with E-state index in [1.807, 2.05) is 23.7 Å². The summed E-state index contributed by atoms with van der Waals surface area (Å²) in [5.74, 6) is 0.792. The van der Waals surface area contributed by atoms with Crippen LogP contribution in [0.1, 0.15) is 42.4 Å². The molecule has 0 atom stereocenters. The molecule has 0 aromatic carbocycles. The molecule has 5 heteroatoms. The van der Waals surface area contributed by atoms with Crippen molar-refractivity contribution in [2.45, 2.75) is 52.6 Å². The van der Waals surface area contributed by atoms with Crippen LogP contribution >= 0.6 is 0 Å². The fraction of sp³-hybridized carbons (Fsp3) is 0.533. The van der Waals surface area contributed by atoms with Gasteiger partial charge < -0.3 is 5.32 Å². The fourth-order valence-corrected chi connectivity index (χ4v) is 2.51. The Kier molecular flexibility index (Phi) is 3.53. The SMILES string of the molecule is CCc1c(C)nn(-c2ccc(CNC3CC3)nn2)c1C. The molecule has 20 heavy (non-hydrogen) atoms. The lowest BCUT2D eigenvalue weighted by atomic mass is 10.1. The molecule has 2 heterocycles. The summed E-state index contributed by atoms with van der Waals surface area (Å²) in [7, 11) is 0. The third-order valence-electron chi connectivity index (χ3n) is 3.87. The van der Waals surface area contributed by atoms with Gasteiger partial charge in [-0.3, -0.25) is 0 Å². The van der Waals surface area contributed by atoms with Gasteiger partial charge in [0, 0.05) is 18.3 Å². The molecule has 1 saturated carbocycles. The normalized spacial score (nSPS) is 14.8. The fourth-order valence-electron chi connectivity index (χ4n) is 2.51. The highest BCUT2D eigenvalue weighted by molar-refractivity contribution is 5.32. The lowest BCUT2D eigenvalue weighted by molar-refractivity contribution is 0.660. The summed E-state index contributed by atoms with van der Waals surface area (Å²) >= 11 is 0. The van der Waals surface area contributed by atoms with E-state index in [2.05, 4.69) is 34.5 Å². The smallest absolute Gasteiger partial charge is 0.175 e. The van der Waals surface area contributed by atoms with Crippen molar-refractivity contribution < 1.29 is 0 Å². The molecule has 1 aliphatic carbocycles. The zero-order chi connectivity index (χ0) is 14.1. The first kappa shape index (κ1) is 13.2. The van der Waals surface area contributed by atoms with E-state index in [4.69, 9.17) is 0 Å². The minimum atomic E-state index is 0.694. The Hall–Kier alpha value is -1.75. The van der Waals surface area contributed by atoms with Crippen LogP contribution in [0, 0.1) is 13.8 Å². The molecule has 1 aliphatic rings. The van der Waals surface area contributed by atoms with Crippen molar-refractivity contribution in [3.05, 3.63) is 34.8 Å². The Morgan fingerprint density at radius 1 is 1.25 bits per heavy atom. The van der Waals surface area contributed by atoms with Crippen LogP contribution in [0.25, 0.3) is 5.82 Å². The van der Waals surface area contributed by atoms with E-state index >= 15 is 0 Å². The Labute approximate surface area is 119 Å². The lowest BCUT2D eigenvalue weighted by Crippen LogP contribution is -2.17. The number of nitrogens with one attached hydrogen (secondary N) is 1. The quantitative estimate of drug-likeness (QED) is 0.904. The number of aryl methyl sites for hydroxylation is 1. The summed E-state index contributed by atoms with van der Waals surface area (Å²) in [5.41, 5.74) is 4.51. The van der Waals surface area contributed by atoms with Crippen molar-refractivity contribution in [2.24, 2.45) is 0 Å². The van der Waals surface area contributed by atoms with E-state index < -0.39 is 0 Å². The van der Waals surface area contributed by atoms with Gasteiger partial charge in [0.25, 0.3) is 0 Å². The van der Waals surface area contributed by atoms with Gasteiger partial charge in [0.05, 0.1) is 11.4 Å². The van der Waals surface area contributed by atoms with Crippen molar-refractivity contribution in [1.29, 1.82) is 0 Å². The zero-order valence-corrected chi connectivity index (χ0v) is 12.3. The molecule has 2 aromatic heterocycles. The molecule has 2 aromatic rings. The van der Waals surface area contributed by atoms with E-state index in [-0.39, 0.29) is 0 Å². The van der Waals surface area contributed by atoms with Crippen LogP contribution in [0.15, 0.2) is 12.1 Å². The predicted octanol–water partition coefficient (Wildman–Crippen LogP) is 2.09. The van der Waals surface area contributed by atoms with E-state index in [0.29, 0.717) is 6.04 Å². The molecule has 0 spiro atoms. The number of aromatic nitrogens is 4. The van der Waals surface area contributed by atoms with Crippen molar-refractivity contribution >= 4 is 0 Å². The zero-order valence-electron chi connectivity index (χ0n) is 12.3. The van der Waals surface area contributed by atoms with Crippen molar-refractivity contribution in [1.82, 2.24) is 25.3 Å². The molecule has 0 radical (unpaired) electrons. The molecule has 3 rings (SSSR count). The summed E-state index contributed by atoms with van der Waals surface area (Å²) < 4.78 is 1.89. The van der Waals surface area contributed by atoms with Gasteiger partial charge in [-0.15, -0.1) is 5.10 Å². The van der Waals surface area contributed by atoms with Gasteiger partial charge >= 0.3 is 0 Å². The summed E-state index contributed by atoms with van der Waals surface area (Å²) in [4.78, 5) is 0. The summed E-state index contributed by atoms with van der Waals surface area (Å²) in [5, 5.41) is 16.6. The van der Waals surface area contributed by atoms with E-state index in [1.165, 1.54) is 18.4 Å². The van der Waals surface area contributed by atoms with Gasteiger partial charge in [-0.1, -0.05) is 6.92 Å². The van der Waals surface area contributed by atoms with Crippen LogP contribution < -0.4 is 5.32 Å². The Balaban J connectivity index is 1.79. The van der Waals surface area contributed by atoms with Crippen molar-refractivity contribution in [3.63, 3.8) is 0 Å². The molecular formula is C15H21N5. The number of nitrogens with zero attached hydrogens (tertiary/aromatic N) is 4. The average Bonchev–Trinajstić information content (AvgIpc) is 3.23. The largest absolute Gasteiger partial charge is 0.308 e. The number of rotatable bonds is 5. The standard InChI is InChI=1S/C15H21N5/c1-4-14-10(2)19-20(11(14)3)15-8-7-13(17-18-15)9-16-12-5-6-12/h7-8,12,16H,4-6,9H2,1-3H3. The molecule has 5 nitrogen and oxygen atoms in total. The number of hydrogen-bond acceptors (Lipinski definition) is 4. The first-order valence-corrected chi connectivity index (χ1v) is 7.30. The highest BCUT2D eigenvalue weighted by atomic mass is 15.3. The minimum absolute atomic E-state index is 0.694. The summed E-state index contributed by atoms with van der Waals surface area (Å²) in [6.45, 7) is 7.09. The van der Waals surface area contributed by atoms with Gasteiger partial charge in [-0.25, -0.2) is 4.68 Å². The van der Waals surface area contributed by atoms with E-state index in [9.17, 15) is 0 Å². The topological polar surface area (TPSA) is 55.6 Å². The molecule has 1 N–H and O–H groups in total. The first-order chi connectivity index (χ1) is 9.69. The van der Waals surface area contributed by atoms with Gasteiger partial charge in [0.15, 0.2) is 5.82 Å². The maximum absolute atomic E-state index is 4.56. The van der Waals surface area contributed by atoms with Crippen molar-refractivity contribution in [3.8, 4) is 5.82 Å². The van der Waals surface area contributed by atoms with E-state index in [0.717, 1.165) is 35.9 Å². The average molecular weight is 271 g/mol. The maximum atomic E-state index is 4.56. The Morgan fingerprint density at radius 3 is 2.60 bits per heavy atom. The lowest BCUT2D eigenvalue weighted by Gasteiger charge is -2.05. The highest BCUT2D eigenvalue weighted by Crippen LogP contribution is 2.19. The van der Waals surface area contributed by atoms with E-state index in [1.54, 1.807) is 0 Å². The van der Waals surface area contributed by atoms with Crippen LogP contribution in [0.3, 0.4) is 0 Å². The predicted molar refractivity (Wildman–Crippen MR) is 77.9 cm³/mol. The van der Waals surface area contributed by atoms with Crippen LogP contribution in [-0.2, 0) is 13.0 Å². The minimum Gasteiger partial charge on any atom is -0.308 e. The van der Waals surface area contributed by atoms with Crippen LogP contribution in [0.4, 0.5) is 0 Å². The second-order valence-electron chi connectivity index (χ2n) is 5.45. The van der Waals surface area contributed by atoms with Gasteiger partial charge in [0.2, 0.25) is 0 Å². The molecule has 106 valence electrons. The molecular weight excluding hydrogens is 250 g/mol. The van der Waals surface area contributed by atoms with Gasteiger partial charge in [-0.2, -0.15) is 10.2 Å². The summed E-state index contributed by atoms with van der Waals surface area (Å²) in [6, 6.07) is 4.72. The second-order valence-corrected chi connectivity index (χ2v) is 5.45. The first-order valence-electron chi connectivity index (χ1n) is 7.30. The Bertz CT molecular complexity index is 595. The molecule has 1 fully saturated rings. The van der Waals surface area contributed by atoms with Gasteiger partial charge in [0.1, 0.15) is 0 Å². The molecule has 0 amide bonds. The van der Waals surface area contributed by atoms with Crippen molar-refractivity contribution in [2.75, 3.05) is 0 Å². The Morgan fingerprint density at radius 2 is 2.05 bits per heavy atom. The number of hydrogen-bond donors (Lipinski definition) is 1. The molecule has 0 bridgehead atoms. The monoisotopic (exact) mass is 271 g/mol. The molecule has 0 unspecified atom stereocenters. The second kappa shape index (κ2) is 5.32. The maximum Gasteiger partial charge on any atom is 0.175 e. The van der Waals surface area contributed by atoms with Crippen LogP contribution in [0.5, 0.6) is 0 Å². The van der Waals surface area contributed by atoms with Gasteiger partial charge in [-0.05, 0) is 50.8 Å².